The van der Waals surface area contributed by atoms with E-state index in [1.807, 2.05) is 6.20 Å². The van der Waals surface area contributed by atoms with Gasteiger partial charge in [0.2, 0.25) is 0 Å². The highest BCUT2D eigenvalue weighted by Gasteiger charge is 2.20. The first-order valence-electron chi connectivity index (χ1n) is 6.60. The van der Waals surface area contributed by atoms with Crippen LogP contribution in [0.5, 0.6) is 0 Å². The predicted molar refractivity (Wildman–Crippen MR) is 68.6 cm³/mol. The van der Waals surface area contributed by atoms with Gasteiger partial charge in [-0.15, -0.1) is 0 Å². The van der Waals surface area contributed by atoms with Crippen LogP contribution in [0.4, 0.5) is 0 Å². The molecular formula is C13H22N4. The fraction of sp³-hybridized carbons (Fsp3) is 0.692. The Hall–Kier alpha value is -1.00. The molecule has 0 aliphatic carbocycles. The Morgan fingerprint density at radius 3 is 3.06 bits per heavy atom. The summed E-state index contributed by atoms with van der Waals surface area (Å²) in [5.41, 5.74) is 1.08. The minimum Gasteiger partial charge on any atom is -0.315 e. The molecular weight excluding hydrogens is 212 g/mol. The highest BCUT2D eigenvalue weighted by molar-refractivity contribution is 4.95. The lowest BCUT2D eigenvalue weighted by atomic mass is 10.1. The number of hydrogen-bond acceptors (Lipinski definition) is 4. The SMILES string of the molecule is CCCN(Cc1cnccn1)C1CCCNC1. The van der Waals surface area contributed by atoms with Gasteiger partial charge in [0.25, 0.3) is 0 Å². The van der Waals surface area contributed by atoms with Crippen molar-refractivity contribution in [2.75, 3.05) is 19.6 Å². The second-order valence-corrected chi connectivity index (χ2v) is 4.67. The van der Waals surface area contributed by atoms with Gasteiger partial charge in [-0.1, -0.05) is 6.92 Å². The van der Waals surface area contributed by atoms with Crippen LogP contribution < -0.4 is 5.32 Å². The quantitative estimate of drug-likeness (QED) is 0.837. The summed E-state index contributed by atoms with van der Waals surface area (Å²) in [4.78, 5) is 11.0. The van der Waals surface area contributed by atoms with Crippen LogP contribution in [0, 0.1) is 0 Å². The molecule has 1 aliphatic rings. The number of aromatic nitrogens is 2. The minimum absolute atomic E-state index is 0.658. The minimum atomic E-state index is 0.658. The summed E-state index contributed by atoms with van der Waals surface area (Å²) in [6, 6.07) is 0.658. The third kappa shape index (κ3) is 3.75. The van der Waals surface area contributed by atoms with Crippen LogP contribution in [-0.2, 0) is 6.54 Å². The summed E-state index contributed by atoms with van der Waals surface area (Å²) in [5.74, 6) is 0. The van der Waals surface area contributed by atoms with Crippen LogP contribution in [0.1, 0.15) is 31.9 Å². The van der Waals surface area contributed by atoms with E-state index in [1.54, 1.807) is 12.4 Å². The zero-order valence-electron chi connectivity index (χ0n) is 10.6. The van der Waals surface area contributed by atoms with E-state index in [4.69, 9.17) is 0 Å². The van der Waals surface area contributed by atoms with Crippen molar-refractivity contribution in [1.29, 1.82) is 0 Å². The first kappa shape index (κ1) is 12.5. The average molecular weight is 234 g/mol. The van der Waals surface area contributed by atoms with Crippen molar-refractivity contribution in [2.45, 2.75) is 38.8 Å². The molecule has 1 aliphatic heterocycles. The van der Waals surface area contributed by atoms with Gasteiger partial charge in [0.1, 0.15) is 0 Å². The van der Waals surface area contributed by atoms with Crippen LogP contribution in [0.25, 0.3) is 0 Å². The fourth-order valence-corrected chi connectivity index (χ4v) is 2.44. The van der Waals surface area contributed by atoms with E-state index in [1.165, 1.54) is 25.8 Å². The first-order chi connectivity index (χ1) is 8.40. The molecule has 1 fully saturated rings. The summed E-state index contributed by atoms with van der Waals surface area (Å²) in [6.07, 6.45) is 9.16. The second kappa shape index (κ2) is 6.67. The zero-order valence-corrected chi connectivity index (χ0v) is 10.6. The maximum atomic E-state index is 4.37. The van der Waals surface area contributed by atoms with Crippen molar-refractivity contribution in [3.63, 3.8) is 0 Å². The monoisotopic (exact) mass is 234 g/mol. The van der Waals surface area contributed by atoms with Crippen molar-refractivity contribution in [2.24, 2.45) is 0 Å². The maximum absolute atomic E-state index is 4.37. The third-order valence-electron chi connectivity index (χ3n) is 3.28. The molecule has 2 rings (SSSR count). The number of hydrogen-bond donors (Lipinski definition) is 1. The summed E-state index contributed by atoms with van der Waals surface area (Å²) >= 11 is 0. The van der Waals surface area contributed by atoms with Gasteiger partial charge in [-0.05, 0) is 32.4 Å². The standard InChI is InChI=1S/C13H22N4/c1-2-8-17(13-4-3-5-14-10-13)11-12-9-15-6-7-16-12/h6-7,9,13-14H,2-5,8,10-11H2,1H3. The maximum Gasteiger partial charge on any atom is 0.0726 e. The Bertz CT molecular complexity index is 308. The molecule has 0 bridgehead atoms. The molecule has 1 N–H and O–H groups in total. The van der Waals surface area contributed by atoms with E-state index in [-0.39, 0.29) is 0 Å². The van der Waals surface area contributed by atoms with E-state index < -0.39 is 0 Å². The molecule has 1 saturated heterocycles. The molecule has 0 aromatic carbocycles. The van der Waals surface area contributed by atoms with Crippen LogP contribution in [-0.4, -0.2) is 40.5 Å². The second-order valence-electron chi connectivity index (χ2n) is 4.67. The number of piperidine rings is 1. The molecule has 1 atom stereocenters. The van der Waals surface area contributed by atoms with Crippen molar-refractivity contribution < 1.29 is 0 Å². The van der Waals surface area contributed by atoms with Gasteiger partial charge in [0, 0.05) is 37.7 Å². The van der Waals surface area contributed by atoms with E-state index in [0.717, 1.165) is 25.3 Å². The predicted octanol–water partition coefficient (Wildman–Crippen LogP) is 1.44. The third-order valence-corrected chi connectivity index (χ3v) is 3.28. The molecule has 0 spiro atoms. The van der Waals surface area contributed by atoms with E-state index in [2.05, 4.69) is 27.1 Å². The van der Waals surface area contributed by atoms with Crippen LogP contribution in [0.2, 0.25) is 0 Å². The van der Waals surface area contributed by atoms with Crippen LogP contribution in [0.3, 0.4) is 0 Å². The Morgan fingerprint density at radius 1 is 1.47 bits per heavy atom. The molecule has 1 unspecified atom stereocenters. The van der Waals surface area contributed by atoms with E-state index in [9.17, 15) is 0 Å². The normalized spacial score (nSPS) is 20.7. The lowest BCUT2D eigenvalue weighted by Gasteiger charge is -2.34. The largest absolute Gasteiger partial charge is 0.315 e. The lowest BCUT2D eigenvalue weighted by molar-refractivity contribution is 0.156. The molecule has 4 nitrogen and oxygen atoms in total. The van der Waals surface area contributed by atoms with Gasteiger partial charge in [-0.25, -0.2) is 0 Å². The van der Waals surface area contributed by atoms with Crippen molar-refractivity contribution in [1.82, 2.24) is 20.2 Å². The van der Waals surface area contributed by atoms with Crippen molar-refractivity contribution >= 4 is 0 Å². The summed E-state index contributed by atoms with van der Waals surface area (Å²) in [7, 11) is 0. The Labute approximate surface area is 103 Å². The zero-order chi connectivity index (χ0) is 11.9. The summed E-state index contributed by atoms with van der Waals surface area (Å²) in [5, 5.41) is 3.48. The van der Waals surface area contributed by atoms with Gasteiger partial charge < -0.3 is 5.32 Å². The lowest BCUT2D eigenvalue weighted by Crippen LogP contribution is -2.46. The first-order valence-corrected chi connectivity index (χ1v) is 6.60. The average Bonchev–Trinajstić information content (AvgIpc) is 2.40. The fourth-order valence-electron chi connectivity index (χ4n) is 2.44. The summed E-state index contributed by atoms with van der Waals surface area (Å²) in [6.45, 7) is 6.58. The van der Waals surface area contributed by atoms with Crippen LogP contribution >= 0.6 is 0 Å². The summed E-state index contributed by atoms with van der Waals surface area (Å²) < 4.78 is 0. The van der Waals surface area contributed by atoms with Gasteiger partial charge in [0.15, 0.2) is 0 Å². The molecule has 0 radical (unpaired) electrons. The molecule has 0 saturated carbocycles. The highest BCUT2D eigenvalue weighted by atomic mass is 15.2. The number of nitrogens with zero attached hydrogens (tertiary/aromatic N) is 3. The Morgan fingerprint density at radius 2 is 2.41 bits per heavy atom. The molecule has 4 heteroatoms. The number of rotatable bonds is 5. The smallest absolute Gasteiger partial charge is 0.0726 e. The van der Waals surface area contributed by atoms with E-state index >= 15 is 0 Å². The molecule has 0 amide bonds. The van der Waals surface area contributed by atoms with Gasteiger partial charge >= 0.3 is 0 Å². The van der Waals surface area contributed by atoms with Crippen LogP contribution in [0.15, 0.2) is 18.6 Å². The van der Waals surface area contributed by atoms with Gasteiger partial charge in [-0.3, -0.25) is 14.9 Å². The van der Waals surface area contributed by atoms with Gasteiger partial charge in [0.05, 0.1) is 5.69 Å². The molecule has 94 valence electrons. The molecule has 1 aromatic rings. The Balaban J connectivity index is 1.96. The van der Waals surface area contributed by atoms with Crippen molar-refractivity contribution in [3.05, 3.63) is 24.3 Å². The molecule has 1 aromatic heterocycles. The topological polar surface area (TPSA) is 41.1 Å². The van der Waals surface area contributed by atoms with Gasteiger partial charge in [-0.2, -0.15) is 0 Å². The molecule has 2 heterocycles. The Kier molecular flexibility index (Phi) is 4.88. The molecule has 17 heavy (non-hydrogen) atoms. The van der Waals surface area contributed by atoms with Crippen molar-refractivity contribution in [3.8, 4) is 0 Å². The highest BCUT2D eigenvalue weighted by Crippen LogP contribution is 2.13. The number of nitrogens with one attached hydrogen (secondary N) is 1. The van der Waals surface area contributed by atoms with E-state index in [0.29, 0.717) is 6.04 Å².